The molecule has 1 aliphatic rings. The Morgan fingerprint density at radius 2 is 1.83 bits per heavy atom. The van der Waals surface area contributed by atoms with Crippen LogP contribution in [0.25, 0.3) is 11.0 Å². The molecule has 10 nitrogen and oxygen atoms in total. The average molecular weight is 416 g/mol. The van der Waals surface area contributed by atoms with E-state index in [-0.39, 0.29) is 27.3 Å². The lowest BCUT2D eigenvalue weighted by Crippen LogP contribution is -2.41. The molecule has 0 N–H and O–H groups in total. The first kappa shape index (κ1) is 19.0. The van der Waals surface area contributed by atoms with E-state index in [0.29, 0.717) is 26.3 Å². The molecule has 1 aliphatic heterocycles. The Kier molecular flexibility index (Phi) is 4.76. The summed E-state index contributed by atoms with van der Waals surface area (Å²) in [7, 11) is -4.16. The maximum absolute atomic E-state index is 13.3. The van der Waals surface area contributed by atoms with E-state index in [0.717, 1.165) is 10.2 Å². The fraction of sp³-hybridized carbons (Fsp3) is 0.222. The molecule has 0 unspecified atom stereocenters. The number of benzene rings is 1. The highest BCUT2D eigenvalue weighted by molar-refractivity contribution is 7.90. The molecule has 0 radical (unpaired) electrons. The minimum absolute atomic E-state index is 0.0197. The van der Waals surface area contributed by atoms with Gasteiger partial charge in [0.2, 0.25) is 0 Å². The van der Waals surface area contributed by atoms with Crippen LogP contribution >= 0.6 is 0 Å². The van der Waals surface area contributed by atoms with Crippen molar-refractivity contribution < 1.29 is 22.9 Å². The quantitative estimate of drug-likeness (QED) is 0.468. The molecule has 3 aromatic rings. The Balaban J connectivity index is 1.95. The summed E-state index contributed by atoms with van der Waals surface area (Å²) in [6.45, 7) is 1.33. The van der Waals surface area contributed by atoms with Crippen LogP contribution < -0.4 is 0 Å². The lowest BCUT2D eigenvalue weighted by atomic mass is 10.3. The summed E-state index contributed by atoms with van der Waals surface area (Å²) in [5, 5.41) is 11.3. The van der Waals surface area contributed by atoms with Crippen LogP contribution in [0.4, 0.5) is 5.69 Å². The summed E-state index contributed by atoms with van der Waals surface area (Å²) in [6.07, 6.45) is 0.975. The minimum atomic E-state index is -4.16. The van der Waals surface area contributed by atoms with E-state index >= 15 is 0 Å². The third kappa shape index (κ3) is 3.34. The minimum Gasteiger partial charge on any atom is -0.378 e. The molecular weight excluding hydrogens is 400 g/mol. The van der Waals surface area contributed by atoms with Crippen molar-refractivity contribution in [2.75, 3.05) is 26.3 Å². The molecular formula is C18H16N4O6S. The summed E-state index contributed by atoms with van der Waals surface area (Å²) in [6, 6.07) is 10.2. The normalized spacial score (nSPS) is 14.8. The SMILES string of the molecule is O=C(c1cc2cc([N+](=O)[O-])cnc2n1S(=O)(=O)c1ccccc1)N1CCOCC1. The van der Waals surface area contributed by atoms with Crippen LogP contribution in [0.3, 0.4) is 0 Å². The molecule has 0 spiro atoms. The summed E-state index contributed by atoms with van der Waals surface area (Å²) >= 11 is 0. The number of pyridine rings is 1. The molecule has 4 rings (SSSR count). The van der Waals surface area contributed by atoms with Gasteiger partial charge in [0.05, 0.1) is 23.0 Å². The molecule has 3 heterocycles. The van der Waals surface area contributed by atoms with Crippen molar-refractivity contribution in [3.8, 4) is 0 Å². The van der Waals surface area contributed by atoms with Crippen molar-refractivity contribution in [2.24, 2.45) is 0 Å². The predicted octanol–water partition coefficient (Wildman–Crippen LogP) is 1.65. The smallest absolute Gasteiger partial charge is 0.288 e. The maximum atomic E-state index is 13.3. The van der Waals surface area contributed by atoms with Crippen LogP contribution in [-0.4, -0.2) is 59.4 Å². The lowest BCUT2D eigenvalue weighted by Gasteiger charge is -2.27. The van der Waals surface area contributed by atoms with E-state index in [1.165, 1.54) is 29.2 Å². The zero-order valence-electron chi connectivity index (χ0n) is 15.1. The largest absolute Gasteiger partial charge is 0.378 e. The second kappa shape index (κ2) is 7.26. The van der Waals surface area contributed by atoms with E-state index in [9.17, 15) is 23.3 Å². The van der Waals surface area contributed by atoms with Crippen LogP contribution in [-0.2, 0) is 14.8 Å². The second-order valence-corrected chi connectivity index (χ2v) is 8.17. The molecule has 2 aromatic heterocycles. The standard InChI is InChI=1S/C18H16N4O6S/c23-18(20-6-8-28-9-7-20)16-11-13-10-14(22(24)25)12-19-17(13)21(16)29(26,27)15-4-2-1-3-5-15/h1-5,10-12H,6-9H2. The Labute approximate surface area is 165 Å². The van der Waals surface area contributed by atoms with Crippen LogP contribution in [0.5, 0.6) is 0 Å². The highest BCUT2D eigenvalue weighted by atomic mass is 32.2. The van der Waals surface area contributed by atoms with Gasteiger partial charge in [-0.05, 0) is 18.2 Å². The number of hydrogen-bond donors (Lipinski definition) is 0. The van der Waals surface area contributed by atoms with E-state index in [2.05, 4.69) is 4.98 Å². The predicted molar refractivity (Wildman–Crippen MR) is 102 cm³/mol. The first-order valence-corrected chi connectivity index (χ1v) is 10.2. The van der Waals surface area contributed by atoms with Gasteiger partial charge in [-0.1, -0.05) is 18.2 Å². The van der Waals surface area contributed by atoms with Gasteiger partial charge in [-0.15, -0.1) is 0 Å². The number of nitrogens with zero attached hydrogens (tertiary/aromatic N) is 4. The number of hydrogen-bond acceptors (Lipinski definition) is 7. The van der Waals surface area contributed by atoms with Crippen molar-refractivity contribution in [1.82, 2.24) is 13.9 Å². The molecule has 1 aromatic carbocycles. The van der Waals surface area contributed by atoms with Gasteiger partial charge in [0.1, 0.15) is 11.9 Å². The monoisotopic (exact) mass is 416 g/mol. The molecule has 29 heavy (non-hydrogen) atoms. The molecule has 150 valence electrons. The number of aromatic nitrogens is 2. The molecule has 1 saturated heterocycles. The molecule has 0 saturated carbocycles. The number of nitro groups is 1. The Morgan fingerprint density at radius 3 is 2.48 bits per heavy atom. The van der Waals surface area contributed by atoms with Crippen LogP contribution in [0.1, 0.15) is 10.5 Å². The van der Waals surface area contributed by atoms with Gasteiger partial charge in [0.15, 0.2) is 5.65 Å². The van der Waals surface area contributed by atoms with Crippen molar-refractivity contribution in [1.29, 1.82) is 0 Å². The fourth-order valence-corrected chi connectivity index (χ4v) is 4.66. The van der Waals surface area contributed by atoms with Crippen LogP contribution in [0, 0.1) is 10.1 Å². The van der Waals surface area contributed by atoms with Crippen molar-refractivity contribution in [2.45, 2.75) is 4.90 Å². The molecule has 1 amide bonds. The third-order valence-electron chi connectivity index (χ3n) is 4.59. The highest BCUT2D eigenvalue weighted by Gasteiger charge is 2.30. The summed E-state index contributed by atoms with van der Waals surface area (Å²) in [5.74, 6) is -0.506. The number of rotatable bonds is 4. The van der Waals surface area contributed by atoms with Gasteiger partial charge >= 0.3 is 0 Å². The first-order valence-electron chi connectivity index (χ1n) is 8.73. The van der Waals surface area contributed by atoms with Crippen LogP contribution in [0.2, 0.25) is 0 Å². The number of carbonyl (C=O) groups is 1. The maximum Gasteiger partial charge on any atom is 0.288 e. The second-order valence-electron chi connectivity index (χ2n) is 6.38. The molecule has 0 atom stereocenters. The van der Waals surface area contributed by atoms with E-state index < -0.39 is 20.9 Å². The molecule has 11 heteroatoms. The third-order valence-corrected chi connectivity index (χ3v) is 6.31. The average Bonchev–Trinajstić information content (AvgIpc) is 3.14. The lowest BCUT2D eigenvalue weighted by molar-refractivity contribution is -0.385. The van der Waals surface area contributed by atoms with Gasteiger partial charge in [-0.2, -0.15) is 0 Å². The molecule has 1 fully saturated rings. The van der Waals surface area contributed by atoms with Gasteiger partial charge < -0.3 is 9.64 Å². The zero-order valence-corrected chi connectivity index (χ0v) is 15.9. The van der Waals surface area contributed by atoms with Crippen molar-refractivity contribution in [3.05, 3.63) is 64.5 Å². The Hall–Kier alpha value is -3.31. The van der Waals surface area contributed by atoms with Crippen LogP contribution in [0.15, 0.2) is 53.6 Å². The molecule has 0 bridgehead atoms. The first-order chi connectivity index (χ1) is 13.9. The summed E-state index contributed by atoms with van der Waals surface area (Å²) in [5.41, 5.74) is -0.466. The number of fused-ring (bicyclic) bond motifs is 1. The Morgan fingerprint density at radius 1 is 1.14 bits per heavy atom. The van der Waals surface area contributed by atoms with E-state index in [1.807, 2.05) is 0 Å². The van der Waals surface area contributed by atoms with Gasteiger partial charge in [-0.25, -0.2) is 17.4 Å². The number of morpholine rings is 1. The Bertz CT molecular complexity index is 1200. The van der Waals surface area contributed by atoms with Crippen molar-refractivity contribution in [3.63, 3.8) is 0 Å². The zero-order chi connectivity index (χ0) is 20.6. The van der Waals surface area contributed by atoms with Crippen molar-refractivity contribution >= 4 is 32.7 Å². The summed E-state index contributed by atoms with van der Waals surface area (Å²) in [4.78, 5) is 29.0. The van der Waals surface area contributed by atoms with E-state index in [1.54, 1.807) is 18.2 Å². The number of amides is 1. The fourth-order valence-electron chi connectivity index (χ4n) is 3.18. The number of carbonyl (C=O) groups excluding carboxylic acids is 1. The van der Waals surface area contributed by atoms with Gasteiger partial charge in [0, 0.05) is 24.5 Å². The van der Waals surface area contributed by atoms with Gasteiger partial charge in [-0.3, -0.25) is 14.9 Å². The van der Waals surface area contributed by atoms with Gasteiger partial charge in [0.25, 0.3) is 21.6 Å². The highest BCUT2D eigenvalue weighted by Crippen LogP contribution is 2.28. The van der Waals surface area contributed by atoms with E-state index in [4.69, 9.17) is 4.74 Å². The summed E-state index contributed by atoms with van der Waals surface area (Å²) < 4.78 is 32.8. The number of ether oxygens (including phenoxy) is 1. The molecule has 0 aliphatic carbocycles. The topological polar surface area (TPSA) is 125 Å².